The molecule has 0 radical (unpaired) electrons. The number of amides is 1. The van der Waals surface area contributed by atoms with Crippen molar-refractivity contribution in [3.8, 4) is 5.75 Å². The second-order valence-corrected chi connectivity index (χ2v) is 8.80. The minimum atomic E-state index is -4.44. The highest BCUT2D eigenvalue weighted by molar-refractivity contribution is 6.38. The van der Waals surface area contributed by atoms with Gasteiger partial charge in [0, 0.05) is 36.4 Å². The van der Waals surface area contributed by atoms with E-state index in [9.17, 15) is 18.0 Å². The van der Waals surface area contributed by atoms with Crippen LogP contribution in [0.2, 0.25) is 5.02 Å². The number of hydrogen-bond acceptors (Lipinski definition) is 4. The predicted octanol–water partition coefficient (Wildman–Crippen LogP) is 7.40. The Bertz CT molecular complexity index is 1350. The van der Waals surface area contributed by atoms with Crippen LogP contribution >= 0.6 is 11.6 Å². The fourth-order valence-corrected chi connectivity index (χ4v) is 3.91. The van der Waals surface area contributed by atoms with E-state index < -0.39 is 11.7 Å². The molecule has 3 rings (SSSR count). The first kappa shape index (κ1) is 28.7. The molecule has 0 saturated carbocycles. The molecule has 0 saturated heterocycles. The zero-order valence-corrected chi connectivity index (χ0v) is 22.1. The summed E-state index contributed by atoms with van der Waals surface area (Å²) < 4.78 is 44.2. The Labute approximate surface area is 224 Å². The monoisotopic (exact) mass is 541 g/mol. The average Bonchev–Trinajstić information content (AvgIpc) is 2.89. The van der Waals surface area contributed by atoms with Crippen LogP contribution in [-0.4, -0.2) is 37.0 Å². The highest BCUT2D eigenvalue weighted by atomic mass is 35.5. The van der Waals surface area contributed by atoms with Gasteiger partial charge in [-0.25, -0.2) is 5.01 Å². The molecule has 0 aliphatic rings. The molecule has 0 atom stereocenters. The zero-order valence-electron chi connectivity index (χ0n) is 21.4. The molecule has 0 heterocycles. The third kappa shape index (κ3) is 7.32. The van der Waals surface area contributed by atoms with Crippen LogP contribution in [0.4, 0.5) is 13.2 Å². The molecule has 5 nitrogen and oxygen atoms in total. The summed E-state index contributed by atoms with van der Waals surface area (Å²) in [5.41, 5.74) is 3.33. The second kappa shape index (κ2) is 12.6. The minimum absolute atomic E-state index is 0.00154. The van der Waals surface area contributed by atoms with Crippen molar-refractivity contribution in [3.05, 3.63) is 100 Å². The van der Waals surface area contributed by atoms with Gasteiger partial charge in [0.05, 0.1) is 24.9 Å². The molecule has 0 N–H and O–H groups in total. The van der Waals surface area contributed by atoms with Crippen LogP contribution < -0.4 is 4.74 Å². The van der Waals surface area contributed by atoms with Crippen molar-refractivity contribution in [2.45, 2.75) is 26.6 Å². The standard InChI is InChI=1S/C29H27ClF3N3O2/c1-19(35-36(20(2)37)18-21-5-11-24(12-6-21)29(31,32)33)28(23-7-13-25(30)14-8-23)27(17-34-3)22-9-15-26(38-4)16-10-22/h5-17H,18H2,1-4H3/b28-27-,34-17?,35-19+. The summed E-state index contributed by atoms with van der Waals surface area (Å²) in [6, 6.07) is 19.3. The minimum Gasteiger partial charge on any atom is -0.497 e. The Morgan fingerprint density at radius 3 is 2.03 bits per heavy atom. The Morgan fingerprint density at radius 2 is 1.53 bits per heavy atom. The number of nitrogens with zero attached hydrogens (tertiary/aromatic N) is 3. The lowest BCUT2D eigenvalue weighted by atomic mass is 9.92. The smallest absolute Gasteiger partial charge is 0.416 e. The van der Waals surface area contributed by atoms with E-state index in [1.54, 1.807) is 39.4 Å². The van der Waals surface area contributed by atoms with Crippen molar-refractivity contribution < 1.29 is 22.7 Å². The molecule has 1 amide bonds. The van der Waals surface area contributed by atoms with E-state index in [1.807, 2.05) is 36.4 Å². The number of carbonyl (C=O) groups excluding carboxylic acids is 1. The largest absolute Gasteiger partial charge is 0.497 e. The summed E-state index contributed by atoms with van der Waals surface area (Å²) in [6.45, 7) is 3.11. The lowest BCUT2D eigenvalue weighted by Crippen LogP contribution is -2.24. The molecule has 9 heteroatoms. The van der Waals surface area contributed by atoms with E-state index in [2.05, 4.69) is 10.1 Å². The van der Waals surface area contributed by atoms with Gasteiger partial charge in [-0.3, -0.25) is 9.79 Å². The Morgan fingerprint density at radius 1 is 0.947 bits per heavy atom. The molecule has 0 spiro atoms. The molecule has 0 aliphatic carbocycles. The summed E-state index contributed by atoms with van der Waals surface area (Å²) in [5.74, 6) is 0.328. The number of carbonyl (C=O) groups is 1. The number of hydrogen-bond donors (Lipinski definition) is 0. The highest BCUT2D eigenvalue weighted by Crippen LogP contribution is 2.31. The number of hydrazone groups is 1. The molecule has 0 aliphatic heterocycles. The van der Waals surface area contributed by atoms with Gasteiger partial charge in [-0.15, -0.1) is 0 Å². The summed E-state index contributed by atoms with van der Waals surface area (Å²) >= 11 is 6.13. The normalized spacial score (nSPS) is 12.9. The molecule has 3 aromatic carbocycles. The van der Waals surface area contributed by atoms with Gasteiger partial charge < -0.3 is 4.74 Å². The molecule has 198 valence electrons. The molecule has 0 bridgehead atoms. The van der Waals surface area contributed by atoms with E-state index in [-0.39, 0.29) is 12.5 Å². The fraction of sp³-hybridized carbons (Fsp3) is 0.207. The molecule has 3 aromatic rings. The van der Waals surface area contributed by atoms with Crippen molar-refractivity contribution in [2.24, 2.45) is 10.1 Å². The first-order chi connectivity index (χ1) is 18.0. The molecule has 0 aromatic heterocycles. The Hall–Kier alpha value is -3.91. The SMILES string of the molecule is CN=C/C(=C(\C(C)=N\N(Cc1ccc(C(F)(F)F)cc1)C(C)=O)c1ccc(Cl)cc1)c1ccc(OC)cc1. The number of aliphatic imine (C=N–C) groups is 1. The van der Waals surface area contributed by atoms with Crippen LogP contribution in [0.1, 0.15) is 36.1 Å². The maximum atomic E-state index is 13.0. The summed E-state index contributed by atoms with van der Waals surface area (Å²) in [5, 5.41) is 6.39. The second-order valence-electron chi connectivity index (χ2n) is 8.37. The van der Waals surface area contributed by atoms with Gasteiger partial charge in [0.25, 0.3) is 0 Å². The van der Waals surface area contributed by atoms with E-state index in [1.165, 1.54) is 24.1 Å². The van der Waals surface area contributed by atoms with Crippen LogP contribution in [-0.2, 0) is 17.5 Å². The van der Waals surface area contributed by atoms with Gasteiger partial charge in [0.1, 0.15) is 5.75 Å². The Balaban J connectivity index is 2.12. The van der Waals surface area contributed by atoms with E-state index >= 15 is 0 Å². The summed E-state index contributed by atoms with van der Waals surface area (Å²) in [6.07, 6.45) is -2.73. The third-order valence-corrected chi connectivity index (χ3v) is 5.92. The van der Waals surface area contributed by atoms with Crippen molar-refractivity contribution in [3.63, 3.8) is 0 Å². The first-order valence-corrected chi connectivity index (χ1v) is 12.0. The van der Waals surface area contributed by atoms with E-state index in [4.69, 9.17) is 16.3 Å². The van der Waals surface area contributed by atoms with Crippen molar-refractivity contribution in [1.82, 2.24) is 5.01 Å². The molecule has 0 unspecified atom stereocenters. The number of ether oxygens (including phenoxy) is 1. The van der Waals surface area contributed by atoms with Gasteiger partial charge >= 0.3 is 6.18 Å². The quantitative estimate of drug-likeness (QED) is 0.169. The number of alkyl halides is 3. The van der Waals surface area contributed by atoms with Gasteiger partial charge in [0.2, 0.25) is 5.91 Å². The van der Waals surface area contributed by atoms with E-state index in [0.29, 0.717) is 27.6 Å². The summed E-state index contributed by atoms with van der Waals surface area (Å²) in [4.78, 5) is 16.8. The van der Waals surface area contributed by atoms with Crippen LogP contribution in [0.25, 0.3) is 11.1 Å². The first-order valence-electron chi connectivity index (χ1n) is 11.6. The van der Waals surface area contributed by atoms with Crippen molar-refractivity contribution in [2.75, 3.05) is 14.2 Å². The van der Waals surface area contributed by atoms with Crippen LogP contribution in [0, 0.1) is 0 Å². The van der Waals surface area contributed by atoms with E-state index in [0.717, 1.165) is 28.8 Å². The molecular formula is C29H27ClF3N3O2. The number of benzene rings is 3. The highest BCUT2D eigenvalue weighted by Gasteiger charge is 2.30. The lowest BCUT2D eigenvalue weighted by Gasteiger charge is -2.20. The van der Waals surface area contributed by atoms with Gasteiger partial charge in [-0.2, -0.15) is 18.3 Å². The Kier molecular flexibility index (Phi) is 9.47. The van der Waals surface area contributed by atoms with Gasteiger partial charge in [-0.1, -0.05) is 48.0 Å². The number of methoxy groups -OCH3 is 1. The third-order valence-electron chi connectivity index (χ3n) is 5.67. The molecular weight excluding hydrogens is 515 g/mol. The topological polar surface area (TPSA) is 54.3 Å². The number of allylic oxidation sites excluding steroid dienone is 2. The summed E-state index contributed by atoms with van der Waals surface area (Å²) in [7, 11) is 3.24. The van der Waals surface area contributed by atoms with Crippen LogP contribution in [0.3, 0.4) is 0 Å². The molecule has 38 heavy (non-hydrogen) atoms. The maximum Gasteiger partial charge on any atom is 0.416 e. The lowest BCUT2D eigenvalue weighted by molar-refractivity contribution is -0.137. The molecule has 0 fully saturated rings. The van der Waals surface area contributed by atoms with Crippen molar-refractivity contribution >= 4 is 40.6 Å². The predicted molar refractivity (Wildman–Crippen MR) is 146 cm³/mol. The fourth-order valence-electron chi connectivity index (χ4n) is 3.78. The maximum absolute atomic E-state index is 13.0. The van der Waals surface area contributed by atoms with Crippen LogP contribution in [0.5, 0.6) is 5.75 Å². The van der Waals surface area contributed by atoms with Crippen LogP contribution in [0.15, 0.2) is 82.9 Å². The number of rotatable bonds is 8. The van der Waals surface area contributed by atoms with Gasteiger partial charge in [0.15, 0.2) is 0 Å². The zero-order chi connectivity index (χ0) is 27.9. The van der Waals surface area contributed by atoms with Gasteiger partial charge in [-0.05, 0) is 60.0 Å². The average molecular weight is 542 g/mol. The number of halogens is 4. The van der Waals surface area contributed by atoms with Crippen molar-refractivity contribution in [1.29, 1.82) is 0 Å².